The van der Waals surface area contributed by atoms with Crippen LogP contribution >= 0.6 is 0 Å². The Labute approximate surface area is 91.6 Å². The number of carbonyl (C=O) groups excluding carboxylic acids is 1. The maximum atomic E-state index is 11.1. The molecular formula is C9H11N3O4. The molecule has 1 aromatic heterocycles. The number of nitro groups is 1. The monoisotopic (exact) mass is 225 g/mol. The van der Waals surface area contributed by atoms with E-state index in [0.717, 1.165) is 0 Å². The Morgan fingerprint density at radius 2 is 2.38 bits per heavy atom. The Morgan fingerprint density at radius 3 is 2.94 bits per heavy atom. The number of hydrogen-bond donors (Lipinski definition) is 1. The van der Waals surface area contributed by atoms with Gasteiger partial charge in [-0.2, -0.15) is 0 Å². The molecule has 0 radical (unpaired) electrons. The van der Waals surface area contributed by atoms with Gasteiger partial charge in [-0.15, -0.1) is 0 Å². The van der Waals surface area contributed by atoms with Gasteiger partial charge in [0.05, 0.1) is 12.0 Å². The van der Waals surface area contributed by atoms with Gasteiger partial charge in [-0.25, -0.2) is 9.78 Å². The van der Waals surface area contributed by atoms with Crippen molar-refractivity contribution in [1.82, 2.24) is 4.98 Å². The van der Waals surface area contributed by atoms with Gasteiger partial charge in [-0.3, -0.25) is 10.1 Å². The molecular weight excluding hydrogens is 214 g/mol. The van der Waals surface area contributed by atoms with E-state index in [1.807, 2.05) is 0 Å². The smallest absolute Gasteiger partial charge is 0.328 e. The molecule has 0 aliphatic carbocycles. The van der Waals surface area contributed by atoms with Crippen LogP contribution in [0.25, 0.3) is 0 Å². The summed E-state index contributed by atoms with van der Waals surface area (Å²) < 4.78 is 4.49. The van der Waals surface area contributed by atoms with Gasteiger partial charge in [0.1, 0.15) is 6.04 Å². The van der Waals surface area contributed by atoms with Crippen molar-refractivity contribution >= 4 is 17.5 Å². The van der Waals surface area contributed by atoms with Crippen molar-refractivity contribution in [3.8, 4) is 0 Å². The SMILES string of the molecule is COC(=O)[C@H](C)Nc1ncccc1[N+](=O)[O-]. The predicted molar refractivity (Wildman–Crippen MR) is 56.0 cm³/mol. The molecule has 86 valence electrons. The molecule has 1 atom stereocenters. The van der Waals surface area contributed by atoms with Crippen LogP contribution in [0.4, 0.5) is 11.5 Å². The van der Waals surface area contributed by atoms with Crippen LogP contribution in [0.1, 0.15) is 6.92 Å². The summed E-state index contributed by atoms with van der Waals surface area (Å²) in [5.74, 6) is -0.467. The zero-order valence-electron chi connectivity index (χ0n) is 8.84. The quantitative estimate of drug-likeness (QED) is 0.466. The van der Waals surface area contributed by atoms with Crippen LogP contribution in [-0.4, -0.2) is 29.0 Å². The van der Waals surface area contributed by atoms with Crippen molar-refractivity contribution in [2.75, 3.05) is 12.4 Å². The van der Waals surface area contributed by atoms with E-state index in [1.54, 1.807) is 0 Å². The van der Waals surface area contributed by atoms with Crippen LogP contribution < -0.4 is 5.32 Å². The zero-order chi connectivity index (χ0) is 12.1. The summed E-state index contributed by atoms with van der Waals surface area (Å²) >= 11 is 0. The van der Waals surface area contributed by atoms with Crippen molar-refractivity contribution < 1.29 is 14.5 Å². The van der Waals surface area contributed by atoms with E-state index in [1.165, 1.54) is 32.4 Å². The number of nitrogens with zero attached hydrogens (tertiary/aromatic N) is 2. The number of aromatic nitrogens is 1. The number of methoxy groups -OCH3 is 1. The third kappa shape index (κ3) is 2.66. The van der Waals surface area contributed by atoms with Crippen molar-refractivity contribution in [1.29, 1.82) is 0 Å². The number of pyridine rings is 1. The summed E-state index contributed by atoms with van der Waals surface area (Å²) in [5.41, 5.74) is -0.182. The summed E-state index contributed by atoms with van der Waals surface area (Å²) in [6.07, 6.45) is 1.40. The highest BCUT2D eigenvalue weighted by Crippen LogP contribution is 2.20. The van der Waals surface area contributed by atoms with Gasteiger partial charge in [0.25, 0.3) is 0 Å². The Balaban J connectivity index is 2.88. The highest BCUT2D eigenvalue weighted by Gasteiger charge is 2.19. The second-order valence-corrected chi connectivity index (χ2v) is 3.02. The number of anilines is 1. The minimum atomic E-state index is -0.696. The molecule has 0 aliphatic heterocycles. The zero-order valence-corrected chi connectivity index (χ0v) is 8.84. The van der Waals surface area contributed by atoms with Gasteiger partial charge >= 0.3 is 11.7 Å². The summed E-state index contributed by atoms with van der Waals surface area (Å²) in [6.45, 7) is 1.53. The first-order valence-electron chi connectivity index (χ1n) is 4.50. The third-order valence-corrected chi connectivity index (χ3v) is 1.89. The normalized spacial score (nSPS) is 11.6. The average Bonchev–Trinajstić information content (AvgIpc) is 2.28. The molecule has 0 fully saturated rings. The molecule has 7 nitrogen and oxygen atoms in total. The van der Waals surface area contributed by atoms with E-state index in [0.29, 0.717) is 0 Å². The third-order valence-electron chi connectivity index (χ3n) is 1.89. The number of ether oxygens (including phenoxy) is 1. The topological polar surface area (TPSA) is 94.4 Å². The lowest BCUT2D eigenvalue weighted by atomic mass is 10.3. The lowest BCUT2D eigenvalue weighted by molar-refractivity contribution is -0.384. The van der Waals surface area contributed by atoms with E-state index in [9.17, 15) is 14.9 Å². The molecule has 0 bridgehead atoms. The molecule has 0 aromatic carbocycles. The summed E-state index contributed by atoms with van der Waals surface area (Å²) in [4.78, 5) is 25.0. The number of hydrogen-bond acceptors (Lipinski definition) is 6. The second-order valence-electron chi connectivity index (χ2n) is 3.02. The molecule has 1 aromatic rings. The van der Waals surface area contributed by atoms with Crippen molar-refractivity contribution in [3.05, 3.63) is 28.4 Å². The molecule has 1 rings (SSSR count). The molecule has 0 amide bonds. The molecule has 1 N–H and O–H groups in total. The van der Waals surface area contributed by atoms with Gasteiger partial charge in [-0.05, 0) is 13.0 Å². The Hall–Kier alpha value is -2.18. The number of rotatable bonds is 4. The van der Waals surface area contributed by atoms with Gasteiger partial charge in [0.2, 0.25) is 5.82 Å². The lowest BCUT2D eigenvalue weighted by Gasteiger charge is -2.11. The van der Waals surface area contributed by atoms with Crippen LogP contribution in [0.2, 0.25) is 0 Å². The van der Waals surface area contributed by atoms with Crippen LogP contribution in [0, 0.1) is 10.1 Å². The minimum Gasteiger partial charge on any atom is -0.467 e. The van der Waals surface area contributed by atoms with Gasteiger partial charge in [0.15, 0.2) is 0 Å². The van der Waals surface area contributed by atoms with Crippen LogP contribution in [0.5, 0.6) is 0 Å². The summed E-state index contributed by atoms with van der Waals surface area (Å²) in [6, 6.07) is 2.06. The largest absolute Gasteiger partial charge is 0.467 e. The van der Waals surface area contributed by atoms with Crippen molar-refractivity contribution in [3.63, 3.8) is 0 Å². The Kier molecular flexibility index (Phi) is 3.76. The molecule has 0 saturated carbocycles. The average molecular weight is 225 g/mol. The highest BCUT2D eigenvalue weighted by atomic mass is 16.6. The van der Waals surface area contributed by atoms with Crippen LogP contribution in [-0.2, 0) is 9.53 Å². The van der Waals surface area contributed by atoms with Crippen LogP contribution in [0.3, 0.4) is 0 Å². The lowest BCUT2D eigenvalue weighted by Crippen LogP contribution is -2.27. The molecule has 0 spiro atoms. The first-order valence-corrected chi connectivity index (χ1v) is 4.50. The van der Waals surface area contributed by atoms with Crippen LogP contribution in [0.15, 0.2) is 18.3 Å². The van der Waals surface area contributed by atoms with E-state index < -0.39 is 16.9 Å². The van der Waals surface area contributed by atoms with Gasteiger partial charge in [0, 0.05) is 12.3 Å². The minimum absolute atomic E-state index is 0.0467. The summed E-state index contributed by atoms with van der Waals surface area (Å²) in [7, 11) is 1.24. The first kappa shape index (κ1) is 11.9. The standard InChI is InChI=1S/C9H11N3O4/c1-6(9(13)16-2)11-8-7(12(14)15)4-3-5-10-8/h3-6H,1-2H3,(H,10,11)/t6-/m0/s1. The molecule has 0 saturated heterocycles. The molecule has 0 unspecified atom stereocenters. The van der Waals surface area contributed by atoms with Crippen molar-refractivity contribution in [2.24, 2.45) is 0 Å². The molecule has 0 aliphatic rings. The van der Waals surface area contributed by atoms with E-state index >= 15 is 0 Å². The maximum absolute atomic E-state index is 11.1. The molecule has 7 heteroatoms. The fourth-order valence-electron chi connectivity index (χ4n) is 1.10. The summed E-state index contributed by atoms with van der Waals surface area (Å²) in [5, 5.41) is 13.3. The second kappa shape index (κ2) is 5.06. The first-order chi connectivity index (χ1) is 7.56. The van der Waals surface area contributed by atoms with Gasteiger partial charge < -0.3 is 10.1 Å². The number of nitrogens with one attached hydrogen (secondary N) is 1. The van der Waals surface area contributed by atoms with Gasteiger partial charge in [-0.1, -0.05) is 0 Å². The van der Waals surface area contributed by atoms with E-state index in [4.69, 9.17) is 0 Å². The Bertz CT molecular complexity index is 407. The van der Waals surface area contributed by atoms with E-state index in [2.05, 4.69) is 15.0 Å². The molecule has 1 heterocycles. The number of esters is 1. The Morgan fingerprint density at radius 1 is 1.69 bits per heavy atom. The molecule has 16 heavy (non-hydrogen) atoms. The predicted octanol–water partition coefficient (Wildman–Crippen LogP) is 0.963. The fourth-order valence-corrected chi connectivity index (χ4v) is 1.10. The number of carbonyl (C=O) groups is 1. The highest BCUT2D eigenvalue weighted by molar-refractivity contribution is 5.79. The van der Waals surface area contributed by atoms with E-state index in [-0.39, 0.29) is 11.5 Å². The maximum Gasteiger partial charge on any atom is 0.328 e. The van der Waals surface area contributed by atoms with Crippen molar-refractivity contribution in [2.45, 2.75) is 13.0 Å². The fraction of sp³-hybridized carbons (Fsp3) is 0.333.